The van der Waals surface area contributed by atoms with Crippen molar-refractivity contribution in [2.24, 2.45) is 0 Å². The van der Waals surface area contributed by atoms with Crippen LogP contribution in [0, 0.1) is 0 Å². The summed E-state index contributed by atoms with van der Waals surface area (Å²) in [6.07, 6.45) is -7.63. The Kier molecular flexibility index (Phi) is 6.70. The van der Waals surface area contributed by atoms with Crippen LogP contribution >= 0.6 is 0 Å². The zero-order valence-electron chi connectivity index (χ0n) is 11.2. The lowest BCUT2D eigenvalue weighted by molar-refractivity contribution is -0.234. The largest absolute Gasteiger partial charge is 0.378 e. The Bertz CT molecular complexity index is 315. The van der Waals surface area contributed by atoms with Gasteiger partial charge in [-0.2, -0.15) is 17.6 Å². The van der Waals surface area contributed by atoms with E-state index in [1.54, 1.807) is 0 Å². The highest BCUT2D eigenvalue weighted by Crippen LogP contribution is 2.40. The predicted octanol–water partition coefficient (Wildman–Crippen LogP) is 2.66. The third-order valence-electron chi connectivity index (χ3n) is 2.72. The molecule has 2 unspecified atom stereocenters. The highest BCUT2D eigenvalue weighted by molar-refractivity contribution is 4.85. The maximum Gasteiger partial charge on any atom is 0.315 e. The number of hydrogen-bond donors (Lipinski definition) is 0. The Morgan fingerprint density at radius 1 is 1.19 bits per heavy atom. The van der Waals surface area contributed by atoms with E-state index in [2.05, 4.69) is 0 Å². The average molecular weight is 326 g/mol. The molecule has 4 nitrogen and oxygen atoms in total. The van der Waals surface area contributed by atoms with Crippen LogP contribution in [0.3, 0.4) is 0 Å². The van der Waals surface area contributed by atoms with Crippen molar-refractivity contribution < 1.29 is 45.3 Å². The summed E-state index contributed by atoms with van der Waals surface area (Å²) in [6.45, 7) is -1.65. The number of rotatable bonds is 9. The summed E-state index contributed by atoms with van der Waals surface area (Å²) in [6, 6.07) is 0. The van der Waals surface area contributed by atoms with E-state index in [-0.39, 0.29) is 13.2 Å². The molecule has 1 fully saturated rings. The molecule has 2 atom stereocenters. The lowest BCUT2D eigenvalue weighted by Gasteiger charge is -2.26. The van der Waals surface area contributed by atoms with Gasteiger partial charge in [0.25, 0.3) is 6.48 Å². The van der Waals surface area contributed by atoms with Crippen molar-refractivity contribution in [3.8, 4) is 0 Å². The van der Waals surface area contributed by atoms with Gasteiger partial charge in [-0.3, -0.25) is 0 Å². The number of hydrogen-bond acceptors (Lipinski definition) is 4. The molecule has 0 aliphatic carbocycles. The second kappa shape index (κ2) is 7.61. The average Bonchev–Trinajstić information content (AvgIpc) is 2.81. The van der Waals surface area contributed by atoms with Gasteiger partial charge in [-0.1, -0.05) is 0 Å². The van der Waals surface area contributed by atoms with Gasteiger partial charge in [0.2, 0.25) is 6.43 Å². The third kappa shape index (κ3) is 5.61. The van der Waals surface area contributed by atoms with Crippen LogP contribution in [0.4, 0.5) is 26.3 Å². The maximum atomic E-state index is 13.1. The highest BCUT2D eigenvalue weighted by Gasteiger charge is 2.56. The summed E-state index contributed by atoms with van der Waals surface area (Å²) in [5, 5.41) is 0. The van der Waals surface area contributed by atoms with Crippen LogP contribution in [-0.4, -0.2) is 57.8 Å². The minimum absolute atomic E-state index is 0.108. The number of alkyl halides is 6. The number of halogens is 6. The molecule has 0 aromatic carbocycles. The zero-order chi connectivity index (χ0) is 16.1. The van der Waals surface area contributed by atoms with E-state index in [0.29, 0.717) is 0 Å². The van der Waals surface area contributed by atoms with Crippen molar-refractivity contribution in [2.75, 3.05) is 26.9 Å². The van der Waals surface area contributed by atoms with Gasteiger partial charge in [0.05, 0.1) is 26.2 Å². The van der Waals surface area contributed by atoms with Gasteiger partial charge in [0.15, 0.2) is 0 Å². The van der Waals surface area contributed by atoms with E-state index in [1.807, 2.05) is 0 Å². The van der Waals surface area contributed by atoms with Crippen LogP contribution in [0.25, 0.3) is 0 Å². The minimum atomic E-state index is -4.78. The highest BCUT2D eigenvalue weighted by atomic mass is 19.3. The normalized spacial score (nSPS) is 24.0. The molecule has 1 aliphatic heterocycles. The molecule has 0 saturated carbocycles. The third-order valence-corrected chi connectivity index (χ3v) is 2.72. The molecule has 0 aromatic heterocycles. The van der Waals surface area contributed by atoms with Gasteiger partial charge >= 0.3 is 11.8 Å². The zero-order valence-corrected chi connectivity index (χ0v) is 11.2. The predicted molar refractivity (Wildman–Crippen MR) is 57.6 cm³/mol. The molecule has 1 saturated heterocycles. The molecule has 0 radical (unpaired) electrons. The SMILES string of the molecule is COC1OCC(COCCC(F)(F)C(F)(F)CC(F)F)O1. The molecular formula is C11H16F6O4. The Morgan fingerprint density at radius 3 is 2.38 bits per heavy atom. The van der Waals surface area contributed by atoms with Crippen LogP contribution in [0.5, 0.6) is 0 Å². The summed E-state index contributed by atoms with van der Waals surface area (Å²) < 4.78 is 95.3. The van der Waals surface area contributed by atoms with Crippen molar-refractivity contribution in [1.29, 1.82) is 0 Å². The Morgan fingerprint density at radius 2 is 1.86 bits per heavy atom. The molecule has 21 heavy (non-hydrogen) atoms. The molecule has 1 heterocycles. The molecule has 126 valence electrons. The van der Waals surface area contributed by atoms with E-state index in [1.165, 1.54) is 7.11 Å². The first-order valence-electron chi connectivity index (χ1n) is 6.09. The quantitative estimate of drug-likeness (QED) is 0.482. The van der Waals surface area contributed by atoms with Crippen LogP contribution < -0.4 is 0 Å². The van der Waals surface area contributed by atoms with Gasteiger partial charge in [-0.25, -0.2) is 8.78 Å². The first-order chi connectivity index (χ1) is 9.68. The van der Waals surface area contributed by atoms with E-state index in [0.717, 1.165) is 0 Å². The molecule has 0 bridgehead atoms. The second-order valence-corrected chi connectivity index (χ2v) is 4.44. The fourth-order valence-corrected chi connectivity index (χ4v) is 1.57. The van der Waals surface area contributed by atoms with E-state index in [9.17, 15) is 26.3 Å². The topological polar surface area (TPSA) is 36.9 Å². The summed E-state index contributed by atoms with van der Waals surface area (Å²) in [5.41, 5.74) is 0. The lowest BCUT2D eigenvalue weighted by atomic mass is 10.1. The van der Waals surface area contributed by atoms with Gasteiger partial charge in [-0.15, -0.1) is 0 Å². The van der Waals surface area contributed by atoms with Gasteiger partial charge in [0, 0.05) is 13.5 Å². The van der Waals surface area contributed by atoms with Crippen molar-refractivity contribution >= 4 is 0 Å². The molecule has 1 rings (SSSR count). The maximum absolute atomic E-state index is 13.1. The molecule has 0 aromatic rings. The van der Waals surface area contributed by atoms with Gasteiger partial charge < -0.3 is 18.9 Å². The number of ether oxygens (including phenoxy) is 4. The van der Waals surface area contributed by atoms with Crippen molar-refractivity contribution in [1.82, 2.24) is 0 Å². The van der Waals surface area contributed by atoms with E-state index >= 15 is 0 Å². The second-order valence-electron chi connectivity index (χ2n) is 4.44. The van der Waals surface area contributed by atoms with Crippen molar-refractivity contribution in [3.05, 3.63) is 0 Å². The van der Waals surface area contributed by atoms with Gasteiger partial charge in [0.1, 0.15) is 6.10 Å². The summed E-state index contributed by atoms with van der Waals surface area (Å²) >= 11 is 0. The van der Waals surface area contributed by atoms with Crippen LogP contribution in [0.1, 0.15) is 12.8 Å². The molecular weight excluding hydrogens is 310 g/mol. The summed E-state index contributed by atoms with van der Waals surface area (Å²) in [4.78, 5) is 0. The molecule has 0 spiro atoms. The summed E-state index contributed by atoms with van der Waals surface area (Å²) in [5.74, 6) is -9.34. The lowest BCUT2D eigenvalue weighted by Crippen LogP contribution is -2.42. The van der Waals surface area contributed by atoms with Crippen LogP contribution in [0.15, 0.2) is 0 Å². The Labute approximate surface area is 117 Å². The van der Waals surface area contributed by atoms with Crippen molar-refractivity contribution in [3.63, 3.8) is 0 Å². The Hall–Kier alpha value is -0.580. The smallest absolute Gasteiger partial charge is 0.315 e. The first kappa shape index (κ1) is 18.5. The molecule has 0 N–H and O–H groups in total. The van der Waals surface area contributed by atoms with Gasteiger partial charge in [-0.05, 0) is 0 Å². The van der Waals surface area contributed by atoms with Crippen molar-refractivity contribution in [2.45, 2.75) is 43.7 Å². The van der Waals surface area contributed by atoms with E-state index in [4.69, 9.17) is 18.9 Å². The van der Waals surface area contributed by atoms with Crippen LogP contribution in [-0.2, 0) is 18.9 Å². The fraction of sp³-hybridized carbons (Fsp3) is 1.00. The Balaban J connectivity index is 2.27. The standard InChI is InChI=1S/C11H16F6O4/c1-18-9-20-6-7(21-9)5-19-3-2-10(14,15)11(16,17)4-8(12)13/h7-9H,2-6H2,1H3. The first-order valence-corrected chi connectivity index (χ1v) is 6.09. The molecule has 0 amide bonds. The fourth-order valence-electron chi connectivity index (χ4n) is 1.57. The van der Waals surface area contributed by atoms with Crippen LogP contribution in [0.2, 0.25) is 0 Å². The molecule has 1 aliphatic rings. The number of methoxy groups -OCH3 is 1. The molecule has 10 heteroatoms. The van der Waals surface area contributed by atoms with E-state index < -0.39 is 50.3 Å². The minimum Gasteiger partial charge on any atom is -0.378 e. The monoisotopic (exact) mass is 326 g/mol. The summed E-state index contributed by atoms with van der Waals surface area (Å²) in [7, 11) is 1.33.